The molecule has 0 fully saturated rings. The lowest BCUT2D eigenvalue weighted by Crippen LogP contribution is -2.02. The Hall–Kier alpha value is -1.95. The Balaban J connectivity index is 1.95. The van der Waals surface area contributed by atoms with E-state index < -0.39 is 0 Å². The molecule has 0 atom stereocenters. The van der Waals surface area contributed by atoms with Crippen molar-refractivity contribution < 1.29 is 9.50 Å². The summed E-state index contributed by atoms with van der Waals surface area (Å²) in [5.41, 5.74) is 2.06. The average Bonchev–Trinajstić information content (AvgIpc) is 2.79. The lowest BCUT2D eigenvalue weighted by atomic mass is 10.2. The van der Waals surface area contributed by atoms with E-state index in [2.05, 4.69) is 15.6 Å². The second kappa shape index (κ2) is 5.59. The SMILES string of the molecule is Cc1ccc(NCc2cn(CCO)nn2)cc1F. The van der Waals surface area contributed by atoms with Crippen molar-refractivity contribution in [2.24, 2.45) is 0 Å². The van der Waals surface area contributed by atoms with Gasteiger partial charge in [0.25, 0.3) is 0 Å². The first-order valence-electron chi connectivity index (χ1n) is 5.69. The van der Waals surface area contributed by atoms with Crippen LogP contribution < -0.4 is 5.32 Å². The molecule has 6 heteroatoms. The molecule has 96 valence electrons. The van der Waals surface area contributed by atoms with Gasteiger partial charge in [0.2, 0.25) is 0 Å². The molecule has 0 aliphatic rings. The van der Waals surface area contributed by atoms with Crippen molar-refractivity contribution in [1.29, 1.82) is 0 Å². The zero-order valence-electron chi connectivity index (χ0n) is 10.1. The zero-order valence-corrected chi connectivity index (χ0v) is 10.1. The van der Waals surface area contributed by atoms with E-state index in [0.717, 1.165) is 5.69 Å². The van der Waals surface area contributed by atoms with Crippen LogP contribution in [0.5, 0.6) is 0 Å². The van der Waals surface area contributed by atoms with Crippen LogP contribution >= 0.6 is 0 Å². The second-order valence-electron chi connectivity index (χ2n) is 4.01. The number of aryl methyl sites for hydroxylation is 1. The molecule has 1 aromatic carbocycles. The van der Waals surface area contributed by atoms with Crippen molar-refractivity contribution in [3.05, 3.63) is 41.5 Å². The summed E-state index contributed by atoms with van der Waals surface area (Å²) in [6.07, 6.45) is 1.74. The molecule has 2 aromatic rings. The van der Waals surface area contributed by atoms with Crippen molar-refractivity contribution in [2.75, 3.05) is 11.9 Å². The van der Waals surface area contributed by atoms with E-state index in [0.29, 0.717) is 24.3 Å². The number of rotatable bonds is 5. The van der Waals surface area contributed by atoms with E-state index in [1.54, 1.807) is 23.9 Å². The predicted octanol–water partition coefficient (Wildman–Crippen LogP) is 1.33. The molecule has 2 rings (SSSR count). The van der Waals surface area contributed by atoms with Gasteiger partial charge in [0, 0.05) is 5.69 Å². The molecule has 0 amide bonds. The monoisotopic (exact) mass is 250 g/mol. The average molecular weight is 250 g/mol. The Labute approximate surface area is 104 Å². The number of hydrogen-bond acceptors (Lipinski definition) is 4. The van der Waals surface area contributed by atoms with Crippen molar-refractivity contribution in [3.63, 3.8) is 0 Å². The highest BCUT2D eigenvalue weighted by atomic mass is 19.1. The Bertz CT molecular complexity index is 527. The zero-order chi connectivity index (χ0) is 13.0. The molecule has 1 heterocycles. The van der Waals surface area contributed by atoms with Crippen LogP contribution in [0.2, 0.25) is 0 Å². The Kier molecular flexibility index (Phi) is 3.88. The Morgan fingerprint density at radius 2 is 2.28 bits per heavy atom. The molecule has 2 N–H and O–H groups in total. The van der Waals surface area contributed by atoms with Gasteiger partial charge < -0.3 is 10.4 Å². The summed E-state index contributed by atoms with van der Waals surface area (Å²) in [7, 11) is 0. The third-order valence-corrected chi connectivity index (χ3v) is 2.56. The fraction of sp³-hybridized carbons (Fsp3) is 0.333. The maximum absolute atomic E-state index is 13.3. The number of aromatic nitrogens is 3. The standard InChI is InChI=1S/C12H15FN4O/c1-9-2-3-10(6-12(9)13)14-7-11-8-17(4-5-18)16-15-11/h2-3,6,8,14,18H,4-5,7H2,1H3. The molecule has 0 saturated carbocycles. The van der Waals surface area contributed by atoms with E-state index >= 15 is 0 Å². The van der Waals surface area contributed by atoms with E-state index in [4.69, 9.17) is 5.11 Å². The highest BCUT2D eigenvalue weighted by molar-refractivity contribution is 5.45. The van der Waals surface area contributed by atoms with Gasteiger partial charge in [-0.3, -0.25) is 0 Å². The number of halogens is 1. The van der Waals surface area contributed by atoms with Gasteiger partial charge in [-0.15, -0.1) is 5.10 Å². The first-order valence-corrected chi connectivity index (χ1v) is 5.69. The molecular formula is C12H15FN4O. The predicted molar refractivity (Wildman–Crippen MR) is 65.6 cm³/mol. The van der Waals surface area contributed by atoms with Crippen LogP contribution in [0.25, 0.3) is 0 Å². The third-order valence-electron chi connectivity index (χ3n) is 2.56. The number of aliphatic hydroxyl groups excluding tert-OH is 1. The minimum atomic E-state index is -0.232. The van der Waals surface area contributed by atoms with E-state index in [1.807, 2.05) is 6.07 Å². The third kappa shape index (κ3) is 3.04. The van der Waals surface area contributed by atoms with E-state index in [1.165, 1.54) is 6.07 Å². The molecular weight excluding hydrogens is 235 g/mol. The number of aliphatic hydroxyl groups is 1. The normalized spacial score (nSPS) is 10.6. The summed E-state index contributed by atoms with van der Waals surface area (Å²) in [5, 5.41) is 19.6. The minimum absolute atomic E-state index is 0.0272. The molecule has 5 nitrogen and oxygen atoms in total. The highest BCUT2D eigenvalue weighted by Crippen LogP contribution is 2.14. The summed E-state index contributed by atoms with van der Waals surface area (Å²) in [5.74, 6) is -0.232. The summed E-state index contributed by atoms with van der Waals surface area (Å²) < 4.78 is 14.9. The summed E-state index contributed by atoms with van der Waals surface area (Å²) >= 11 is 0. The van der Waals surface area contributed by atoms with Gasteiger partial charge in [0.15, 0.2) is 0 Å². The largest absolute Gasteiger partial charge is 0.394 e. The number of nitrogens with one attached hydrogen (secondary N) is 1. The van der Waals surface area contributed by atoms with Crippen LogP contribution in [0.1, 0.15) is 11.3 Å². The maximum Gasteiger partial charge on any atom is 0.128 e. The first kappa shape index (κ1) is 12.5. The molecule has 0 unspecified atom stereocenters. The quantitative estimate of drug-likeness (QED) is 0.840. The smallest absolute Gasteiger partial charge is 0.128 e. The molecule has 0 saturated heterocycles. The van der Waals surface area contributed by atoms with Crippen LogP contribution in [-0.4, -0.2) is 26.7 Å². The number of nitrogens with zero attached hydrogens (tertiary/aromatic N) is 3. The van der Waals surface area contributed by atoms with Gasteiger partial charge in [-0.25, -0.2) is 9.07 Å². The lowest BCUT2D eigenvalue weighted by Gasteiger charge is -2.05. The Morgan fingerprint density at radius 3 is 3.00 bits per heavy atom. The van der Waals surface area contributed by atoms with Crippen LogP contribution in [0.15, 0.2) is 24.4 Å². The molecule has 0 radical (unpaired) electrons. The van der Waals surface area contributed by atoms with Gasteiger partial charge in [-0.05, 0) is 24.6 Å². The van der Waals surface area contributed by atoms with Crippen molar-refractivity contribution >= 4 is 5.69 Å². The lowest BCUT2D eigenvalue weighted by molar-refractivity contribution is 0.268. The summed E-state index contributed by atoms with van der Waals surface area (Å²) in [6.45, 7) is 2.64. The van der Waals surface area contributed by atoms with Crippen LogP contribution in [0.4, 0.5) is 10.1 Å². The van der Waals surface area contributed by atoms with Gasteiger partial charge >= 0.3 is 0 Å². The summed E-state index contributed by atoms with van der Waals surface area (Å²) in [6, 6.07) is 4.99. The molecule has 0 aliphatic carbocycles. The molecule has 0 spiro atoms. The van der Waals surface area contributed by atoms with E-state index in [-0.39, 0.29) is 12.4 Å². The van der Waals surface area contributed by atoms with Gasteiger partial charge in [-0.2, -0.15) is 0 Å². The number of anilines is 1. The van der Waals surface area contributed by atoms with Gasteiger partial charge in [0.1, 0.15) is 11.5 Å². The van der Waals surface area contributed by atoms with Crippen LogP contribution in [-0.2, 0) is 13.1 Å². The second-order valence-corrected chi connectivity index (χ2v) is 4.01. The Morgan fingerprint density at radius 1 is 1.44 bits per heavy atom. The van der Waals surface area contributed by atoms with Crippen molar-refractivity contribution in [2.45, 2.75) is 20.0 Å². The van der Waals surface area contributed by atoms with Gasteiger partial charge in [-0.1, -0.05) is 11.3 Å². The van der Waals surface area contributed by atoms with Gasteiger partial charge in [0.05, 0.1) is 25.9 Å². The molecule has 0 aliphatic heterocycles. The molecule has 18 heavy (non-hydrogen) atoms. The molecule has 1 aromatic heterocycles. The van der Waals surface area contributed by atoms with Crippen molar-refractivity contribution in [3.8, 4) is 0 Å². The topological polar surface area (TPSA) is 63.0 Å². The number of benzene rings is 1. The highest BCUT2D eigenvalue weighted by Gasteiger charge is 2.02. The fourth-order valence-electron chi connectivity index (χ4n) is 1.53. The summed E-state index contributed by atoms with van der Waals surface area (Å²) in [4.78, 5) is 0. The van der Waals surface area contributed by atoms with Crippen molar-refractivity contribution in [1.82, 2.24) is 15.0 Å². The first-order chi connectivity index (χ1) is 8.69. The van der Waals surface area contributed by atoms with Crippen LogP contribution in [0.3, 0.4) is 0 Å². The van der Waals surface area contributed by atoms with E-state index in [9.17, 15) is 4.39 Å². The fourth-order valence-corrected chi connectivity index (χ4v) is 1.53. The molecule has 0 bridgehead atoms. The maximum atomic E-state index is 13.3. The minimum Gasteiger partial charge on any atom is -0.394 e. The number of hydrogen-bond donors (Lipinski definition) is 2. The van der Waals surface area contributed by atoms with Crippen LogP contribution in [0, 0.1) is 12.7 Å².